The molecule has 3 heteroatoms. The van der Waals surface area contributed by atoms with Crippen LogP contribution in [0.1, 0.15) is 37.6 Å². The predicted octanol–water partition coefficient (Wildman–Crippen LogP) is 2.92. The van der Waals surface area contributed by atoms with Gasteiger partial charge < -0.3 is 4.90 Å². The monoisotopic (exact) mass is 288 g/mol. The van der Waals surface area contributed by atoms with Crippen LogP contribution in [0.25, 0.3) is 0 Å². The number of piperazine rings is 1. The van der Waals surface area contributed by atoms with E-state index in [0.29, 0.717) is 6.04 Å². The summed E-state index contributed by atoms with van der Waals surface area (Å²) < 4.78 is 0. The number of carbonyl (C=O) groups is 1. The van der Waals surface area contributed by atoms with Gasteiger partial charge in [-0.25, -0.2) is 0 Å². The van der Waals surface area contributed by atoms with Crippen LogP contribution in [0.4, 0.5) is 0 Å². The van der Waals surface area contributed by atoms with Crippen LogP contribution < -0.4 is 0 Å². The molecule has 1 aromatic rings. The largest absolute Gasteiger partial charge is 0.300 e. The second-order valence-electron chi connectivity index (χ2n) is 6.23. The van der Waals surface area contributed by atoms with Crippen LogP contribution in [-0.2, 0) is 0 Å². The van der Waals surface area contributed by atoms with E-state index in [1.54, 1.807) is 0 Å². The maximum atomic E-state index is 12.4. The highest BCUT2D eigenvalue weighted by Gasteiger charge is 2.23. The molecule has 1 aromatic carbocycles. The smallest absolute Gasteiger partial charge is 0.166 e. The first-order chi connectivity index (χ1) is 10.1. The maximum Gasteiger partial charge on any atom is 0.166 e. The molecule has 1 saturated heterocycles. The Morgan fingerprint density at radius 3 is 2.29 bits per heavy atom. The van der Waals surface area contributed by atoms with Crippen LogP contribution >= 0.6 is 0 Å². The second-order valence-corrected chi connectivity index (χ2v) is 6.23. The van der Waals surface area contributed by atoms with Crippen LogP contribution in [-0.4, -0.2) is 54.3 Å². The number of nitrogens with zero attached hydrogens (tertiary/aromatic N) is 2. The first-order valence-corrected chi connectivity index (χ1v) is 8.17. The minimum atomic E-state index is 0.0718. The Morgan fingerprint density at radius 1 is 1.10 bits per heavy atom. The van der Waals surface area contributed by atoms with Crippen LogP contribution in [0, 0.1) is 5.92 Å². The lowest BCUT2D eigenvalue weighted by Gasteiger charge is -2.38. The maximum absolute atomic E-state index is 12.4. The third-order valence-corrected chi connectivity index (χ3v) is 4.66. The lowest BCUT2D eigenvalue weighted by molar-refractivity contribution is 0.0764. The highest BCUT2D eigenvalue weighted by atomic mass is 16.1. The van der Waals surface area contributed by atoms with Crippen molar-refractivity contribution < 1.29 is 4.79 Å². The lowest BCUT2D eigenvalue weighted by atomic mass is 9.98. The molecule has 2 atom stereocenters. The molecular formula is C18H28N2O. The summed E-state index contributed by atoms with van der Waals surface area (Å²) in [6.07, 6.45) is 1.21. The molecule has 0 aromatic heterocycles. The molecular weight excluding hydrogens is 260 g/mol. The third-order valence-electron chi connectivity index (χ3n) is 4.66. The van der Waals surface area contributed by atoms with Gasteiger partial charge in [-0.3, -0.25) is 9.69 Å². The van der Waals surface area contributed by atoms with Crippen molar-refractivity contribution in [1.29, 1.82) is 0 Å². The quantitative estimate of drug-likeness (QED) is 0.752. The fourth-order valence-corrected chi connectivity index (χ4v) is 3.00. The van der Waals surface area contributed by atoms with E-state index in [0.717, 1.165) is 38.3 Å². The fraction of sp³-hybridized carbons (Fsp3) is 0.611. The molecule has 0 radical (unpaired) electrons. The molecule has 3 nitrogen and oxygen atoms in total. The predicted molar refractivity (Wildman–Crippen MR) is 87.7 cm³/mol. The van der Waals surface area contributed by atoms with Crippen LogP contribution in [0.15, 0.2) is 30.3 Å². The summed E-state index contributed by atoms with van der Waals surface area (Å²) in [7, 11) is 0. The molecule has 2 unspecified atom stereocenters. The van der Waals surface area contributed by atoms with Crippen LogP contribution in [0.2, 0.25) is 0 Å². The van der Waals surface area contributed by atoms with E-state index in [-0.39, 0.29) is 11.7 Å². The van der Waals surface area contributed by atoms with Crippen molar-refractivity contribution in [2.45, 2.75) is 33.2 Å². The van der Waals surface area contributed by atoms with Crippen molar-refractivity contribution in [2.75, 3.05) is 32.7 Å². The Kier molecular flexibility index (Phi) is 5.95. The van der Waals surface area contributed by atoms with Gasteiger partial charge in [-0.2, -0.15) is 0 Å². The lowest BCUT2D eigenvalue weighted by Crippen LogP contribution is -2.50. The average molecular weight is 288 g/mol. The standard InChI is InChI=1S/C18H28N2O/c1-4-16(3)20-12-10-19(11-13-20)14-15(2)18(21)17-8-6-5-7-9-17/h5-9,15-16H,4,10-14H2,1-3H3. The minimum Gasteiger partial charge on any atom is -0.300 e. The summed E-state index contributed by atoms with van der Waals surface area (Å²) in [6, 6.07) is 10.3. The molecule has 0 amide bonds. The molecule has 0 saturated carbocycles. The van der Waals surface area contributed by atoms with E-state index in [9.17, 15) is 4.79 Å². The van der Waals surface area contributed by atoms with Gasteiger partial charge in [0.2, 0.25) is 0 Å². The summed E-state index contributed by atoms with van der Waals surface area (Å²) in [5, 5.41) is 0. The fourth-order valence-electron chi connectivity index (χ4n) is 3.00. The van der Waals surface area contributed by atoms with E-state index in [1.165, 1.54) is 6.42 Å². The van der Waals surface area contributed by atoms with E-state index in [1.807, 2.05) is 30.3 Å². The van der Waals surface area contributed by atoms with Gasteiger partial charge in [0.25, 0.3) is 0 Å². The van der Waals surface area contributed by atoms with E-state index >= 15 is 0 Å². The van der Waals surface area contributed by atoms with Crippen molar-refractivity contribution in [1.82, 2.24) is 9.80 Å². The van der Waals surface area contributed by atoms with Gasteiger partial charge in [0, 0.05) is 50.2 Å². The Morgan fingerprint density at radius 2 is 1.71 bits per heavy atom. The summed E-state index contributed by atoms with van der Waals surface area (Å²) in [4.78, 5) is 17.4. The van der Waals surface area contributed by atoms with Gasteiger partial charge >= 0.3 is 0 Å². The molecule has 0 spiro atoms. The Bertz CT molecular complexity index is 438. The Hall–Kier alpha value is -1.19. The molecule has 0 bridgehead atoms. The molecule has 21 heavy (non-hydrogen) atoms. The number of rotatable bonds is 6. The van der Waals surface area contributed by atoms with Crippen molar-refractivity contribution in [3.8, 4) is 0 Å². The summed E-state index contributed by atoms with van der Waals surface area (Å²) in [5.41, 5.74) is 0.836. The van der Waals surface area contributed by atoms with Crippen LogP contribution in [0.3, 0.4) is 0 Å². The van der Waals surface area contributed by atoms with Crippen molar-refractivity contribution >= 4 is 5.78 Å². The zero-order chi connectivity index (χ0) is 15.2. The first-order valence-electron chi connectivity index (χ1n) is 8.17. The summed E-state index contributed by atoms with van der Waals surface area (Å²) in [6.45, 7) is 11.9. The van der Waals surface area contributed by atoms with Gasteiger partial charge in [-0.1, -0.05) is 44.2 Å². The first kappa shape index (κ1) is 16.2. The number of ketones is 1. The topological polar surface area (TPSA) is 23.6 Å². The van der Waals surface area contributed by atoms with Gasteiger partial charge in [0.15, 0.2) is 5.78 Å². The van der Waals surface area contributed by atoms with Crippen molar-refractivity contribution in [3.05, 3.63) is 35.9 Å². The SMILES string of the molecule is CCC(C)N1CCN(CC(C)C(=O)c2ccccc2)CC1. The van der Waals surface area contributed by atoms with Crippen molar-refractivity contribution in [3.63, 3.8) is 0 Å². The van der Waals surface area contributed by atoms with Gasteiger partial charge in [0.05, 0.1) is 0 Å². The second kappa shape index (κ2) is 7.71. The van der Waals surface area contributed by atoms with Gasteiger partial charge in [-0.15, -0.1) is 0 Å². The minimum absolute atomic E-state index is 0.0718. The zero-order valence-corrected chi connectivity index (χ0v) is 13.6. The Labute approximate surface area is 128 Å². The molecule has 0 N–H and O–H groups in total. The number of Topliss-reactive ketones (excluding diaryl/α,β-unsaturated/α-hetero) is 1. The molecule has 2 rings (SSSR count). The highest BCUT2D eigenvalue weighted by Crippen LogP contribution is 2.13. The van der Waals surface area contributed by atoms with E-state index in [4.69, 9.17) is 0 Å². The summed E-state index contributed by atoms with van der Waals surface area (Å²) >= 11 is 0. The molecule has 0 aliphatic carbocycles. The van der Waals surface area contributed by atoms with E-state index < -0.39 is 0 Å². The highest BCUT2D eigenvalue weighted by molar-refractivity contribution is 5.97. The number of hydrogen-bond donors (Lipinski definition) is 0. The molecule has 1 fully saturated rings. The number of hydrogen-bond acceptors (Lipinski definition) is 3. The van der Waals surface area contributed by atoms with Gasteiger partial charge in [0.1, 0.15) is 0 Å². The molecule has 1 heterocycles. The molecule has 1 aliphatic heterocycles. The number of carbonyl (C=O) groups excluding carboxylic acids is 1. The zero-order valence-electron chi connectivity index (χ0n) is 13.6. The average Bonchev–Trinajstić information content (AvgIpc) is 2.55. The number of benzene rings is 1. The summed E-state index contributed by atoms with van der Waals surface area (Å²) in [5.74, 6) is 0.336. The third kappa shape index (κ3) is 4.39. The molecule has 116 valence electrons. The van der Waals surface area contributed by atoms with Crippen molar-refractivity contribution in [2.24, 2.45) is 5.92 Å². The molecule has 1 aliphatic rings. The van der Waals surface area contributed by atoms with E-state index in [2.05, 4.69) is 30.6 Å². The van der Waals surface area contributed by atoms with Crippen LogP contribution in [0.5, 0.6) is 0 Å². The normalized spacial score (nSPS) is 20.1. The van der Waals surface area contributed by atoms with Gasteiger partial charge in [-0.05, 0) is 13.3 Å². The Balaban J connectivity index is 1.82.